The van der Waals surface area contributed by atoms with Crippen LogP contribution in [0.1, 0.15) is 20.8 Å². The Morgan fingerprint density at radius 3 is 2.65 bits per heavy atom. The molecule has 0 saturated heterocycles. The number of ether oxygens (including phenoxy) is 1. The van der Waals surface area contributed by atoms with Gasteiger partial charge in [0.25, 0.3) is 5.91 Å². The summed E-state index contributed by atoms with van der Waals surface area (Å²) in [5.41, 5.74) is 2.69. The number of methoxy groups -OCH3 is 1. The second-order valence-corrected chi connectivity index (χ2v) is 6.42. The molecule has 0 spiro atoms. The van der Waals surface area contributed by atoms with E-state index < -0.39 is 11.9 Å². The van der Waals surface area contributed by atoms with Gasteiger partial charge in [-0.2, -0.15) is 0 Å². The first-order valence-electron chi connectivity index (χ1n) is 7.66. The van der Waals surface area contributed by atoms with Crippen LogP contribution in [0.4, 0.5) is 5.13 Å². The summed E-state index contributed by atoms with van der Waals surface area (Å²) in [5, 5.41) is 3.14. The van der Waals surface area contributed by atoms with Crippen LogP contribution in [0, 0.1) is 0 Å². The predicted octanol–water partition coefficient (Wildman–Crippen LogP) is 3.28. The number of amides is 1. The number of carbonyl (C=O) groups excluding carboxylic acids is 2. The van der Waals surface area contributed by atoms with Gasteiger partial charge in [0.1, 0.15) is 5.69 Å². The van der Waals surface area contributed by atoms with Gasteiger partial charge in [0.05, 0.1) is 40.1 Å². The molecule has 128 valence electrons. The fraction of sp³-hybridized carbons (Fsp3) is 0.0556. The molecule has 4 aromatic rings. The van der Waals surface area contributed by atoms with Gasteiger partial charge in [-0.3, -0.25) is 15.1 Å². The molecule has 0 aliphatic carbocycles. The minimum Gasteiger partial charge on any atom is -0.465 e. The minimum atomic E-state index is -0.419. The first-order chi connectivity index (χ1) is 12.6. The number of para-hydroxylation sites is 2. The van der Waals surface area contributed by atoms with Crippen molar-refractivity contribution in [2.75, 3.05) is 12.4 Å². The Labute approximate surface area is 151 Å². The molecule has 0 aliphatic heterocycles. The van der Waals surface area contributed by atoms with Gasteiger partial charge in [-0.05, 0) is 30.3 Å². The molecular formula is C18H12N4O3S. The molecule has 1 amide bonds. The van der Waals surface area contributed by atoms with Gasteiger partial charge >= 0.3 is 5.97 Å². The van der Waals surface area contributed by atoms with E-state index in [1.807, 2.05) is 18.2 Å². The van der Waals surface area contributed by atoms with E-state index in [1.54, 1.807) is 24.3 Å². The van der Waals surface area contributed by atoms with Gasteiger partial charge in [-0.15, -0.1) is 0 Å². The van der Waals surface area contributed by atoms with Gasteiger partial charge in [0.2, 0.25) is 0 Å². The van der Waals surface area contributed by atoms with Gasteiger partial charge in [-0.1, -0.05) is 23.5 Å². The van der Waals surface area contributed by atoms with Gasteiger partial charge in [-0.25, -0.2) is 14.8 Å². The van der Waals surface area contributed by atoms with Crippen LogP contribution in [-0.4, -0.2) is 33.9 Å². The topological polar surface area (TPSA) is 94.1 Å². The summed E-state index contributed by atoms with van der Waals surface area (Å²) in [5.74, 6) is -0.812. The van der Waals surface area contributed by atoms with Crippen molar-refractivity contribution in [3.05, 3.63) is 59.9 Å². The Morgan fingerprint density at radius 1 is 1.04 bits per heavy atom. The van der Waals surface area contributed by atoms with Crippen molar-refractivity contribution in [1.82, 2.24) is 15.0 Å². The van der Waals surface area contributed by atoms with E-state index >= 15 is 0 Å². The summed E-state index contributed by atoms with van der Waals surface area (Å²) in [6, 6.07) is 12.4. The Morgan fingerprint density at radius 2 is 1.85 bits per heavy atom. The number of carbonyl (C=O) groups is 2. The second kappa shape index (κ2) is 6.49. The summed E-state index contributed by atoms with van der Waals surface area (Å²) in [6.45, 7) is 0. The Bertz CT molecular complexity index is 1160. The molecule has 0 aliphatic rings. The zero-order chi connectivity index (χ0) is 18.1. The summed E-state index contributed by atoms with van der Waals surface area (Å²) >= 11 is 1.27. The van der Waals surface area contributed by atoms with Crippen LogP contribution in [0.5, 0.6) is 0 Å². The molecule has 8 heteroatoms. The third-order valence-corrected chi connectivity index (χ3v) is 4.64. The third-order valence-electron chi connectivity index (χ3n) is 3.71. The predicted molar refractivity (Wildman–Crippen MR) is 98.5 cm³/mol. The van der Waals surface area contributed by atoms with Crippen molar-refractivity contribution in [1.29, 1.82) is 0 Å². The average molecular weight is 364 g/mol. The number of thiazole rings is 1. The van der Waals surface area contributed by atoms with E-state index in [4.69, 9.17) is 4.74 Å². The van der Waals surface area contributed by atoms with E-state index in [2.05, 4.69) is 20.3 Å². The van der Waals surface area contributed by atoms with Crippen LogP contribution in [0.3, 0.4) is 0 Å². The Hall–Kier alpha value is -3.39. The number of esters is 1. The number of benzene rings is 2. The van der Waals surface area contributed by atoms with Gasteiger partial charge in [0, 0.05) is 0 Å². The highest BCUT2D eigenvalue weighted by atomic mass is 32.1. The van der Waals surface area contributed by atoms with Crippen molar-refractivity contribution in [2.24, 2.45) is 0 Å². The third kappa shape index (κ3) is 2.98. The summed E-state index contributed by atoms with van der Waals surface area (Å²) in [4.78, 5) is 36.9. The number of nitrogens with zero attached hydrogens (tertiary/aromatic N) is 3. The first kappa shape index (κ1) is 16.1. The molecule has 2 aromatic heterocycles. The maximum absolute atomic E-state index is 12.4. The van der Waals surface area contributed by atoms with E-state index in [-0.39, 0.29) is 5.69 Å². The fourth-order valence-corrected chi connectivity index (χ4v) is 3.35. The number of hydrogen-bond donors (Lipinski definition) is 1. The maximum Gasteiger partial charge on any atom is 0.337 e. The lowest BCUT2D eigenvalue weighted by Gasteiger charge is -2.02. The highest BCUT2D eigenvalue weighted by molar-refractivity contribution is 7.22. The van der Waals surface area contributed by atoms with Crippen molar-refractivity contribution >= 4 is 49.6 Å². The number of anilines is 1. The molecular weight excluding hydrogens is 352 g/mol. The zero-order valence-corrected chi connectivity index (χ0v) is 14.4. The van der Waals surface area contributed by atoms with E-state index in [0.717, 1.165) is 10.2 Å². The molecule has 4 rings (SSSR count). The normalized spacial score (nSPS) is 10.8. The molecule has 0 radical (unpaired) electrons. The molecule has 0 bridgehead atoms. The Balaban J connectivity index is 1.61. The lowest BCUT2D eigenvalue weighted by Crippen LogP contribution is -2.13. The molecule has 1 N–H and O–H groups in total. The SMILES string of the molecule is COC(=O)c1ccc2nc(NC(=O)c3cnc4ccccc4n3)sc2c1. The molecule has 0 atom stereocenters. The summed E-state index contributed by atoms with van der Waals surface area (Å²) < 4.78 is 5.48. The quantitative estimate of drug-likeness (QED) is 0.561. The molecule has 26 heavy (non-hydrogen) atoms. The summed E-state index contributed by atoms with van der Waals surface area (Å²) in [7, 11) is 1.33. The zero-order valence-electron chi connectivity index (χ0n) is 13.6. The van der Waals surface area contributed by atoms with Gasteiger partial charge < -0.3 is 4.74 Å². The lowest BCUT2D eigenvalue weighted by molar-refractivity contribution is 0.0601. The van der Waals surface area contributed by atoms with E-state index in [9.17, 15) is 9.59 Å². The minimum absolute atomic E-state index is 0.207. The number of rotatable bonds is 3. The molecule has 0 saturated carbocycles. The number of aromatic nitrogens is 3. The van der Waals surface area contributed by atoms with Crippen molar-refractivity contribution in [3.63, 3.8) is 0 Å². The fourth-order valence-electron chi connectivity index (χ4n) is 2.45. The number of nitrogens with one attached hydrogen (secondary N) is 1. The number of hydrogen-bond acceptors (Lipinski definition) is 7. The van der Waals surface area contributed by atoms with E-state index in [0.29, 0.717) is 21.7 Å². The monoisotopic (exact) mass is 364 g/mol. The number of fused-ring (bicyclic) bond motifs is 2. The van der Waals surface area contributed by atoms with Crippen LogP contribution in [-0.2, 0) is 4.74 Å². The largest absolute Gasteiger partial charge is 0.465 e. The van der Waals surface area contributed by atoms with E-state index in [1.165, 1.54) is 24.6 Å². The smallest absolute Gasteiger partial charge is 0.337 e. The molecule has 2 aromatic carbocycles. The average Bonchev–Trinajstić information content (AvgIpc) is 3.08. The molecule has 7 nitrogen and oxygen atoms in total. The van der Waals surface area contributed by atoms with Gasteiger partial charge in [0.15, 0.2) is 5.13 Å². The maximum atomic E-state index is 12.4. The van der Waals surface area contributed by atoms with Crippen LogP contribution in [0.2, 0.25) is 0 Å². The molecule has 0 fully saturated rings. The van der Waals surface area contributed by atoms with Crippen molar-refractivity contribution in [2.45, 2.75) is 0 Å². The van der Waals surface area contributed by atoms with Crippen molar-refractivity contribution < 1.29 is 14.3 Å². The highest BCUT2D eigenvalue weighted by Crippen LogP contribution is 2.27. The highest BCUT2D eigenvalue weighted by Gasteiger charge is 2.14. The van der Waals surface area contributed by atoms with Crippen LogP contribution >= 0.6 is 11.3 Å². The van der Waals surface area contributed by atoms with Crippen molar-refractivity contribution in [3.8, 4) is 0 Å². The Kier molecular flexibility index (Phi) is 4.02. The van der Waals surface area contributed by atoms with Crippen LogP contribution in [0.25, 0.3) is 21.3 Å². The van der Waals surface area contributed by atoms with Crippen LogP contribution in [0.15, 0.2) is 48.7 Å². The lowest BCUT2D eigenvalue weighted by atomic mass is 10.2. The van der Waals surface area contributed by atoms with Crippen LogP contribution < -0.4 is 5.32 Å². The summed E-state index contributed by atoms with van der Waals surface area (Å²) in [6.07, 6.45) is 1.43. The molecule has 2 heterocycles. The standard InChI is InChI=1S/C18H12N4O3S/c1-25-17(24)10-6-7-13-15(8-10)26-18(21-13)22-16(23)14-9-19-11-4-2-3-5-12(11)20-14/h2-9H,1H3,(H,21,22,23). The first-order valence-corrected chi connectivity index (χ1v) is 8.48. The molecule has 0 unspecified atom stereocenters. The second-order valence-electron chi connectivity index (χ2n) is 5.39.